The SMILES string of the molecule is Cc1ccc(S(=O)(=O)OCP(=O)(OCC23CC4CC(CC(C4)C2)C3)OCC23CC4CC(CC(C4)C2)C3)cc1. The standard InChI is InChI=1S/C30H43O6PS/c1-21-2-4-28(5-3-21)38(32,33)36-20-37(31,34-18-29-12-22-6-23(13-29)8-24(7-22)14-29)35-19-30-15-25-9-26(16-30)11-27(10-25)17-30/h2-5,22-27H,6-20H2,1H3. The Morgan fingerprint density at radius 1 is 0.711 bits per heavy atom. The van der Waals surface area contributed by atoms with Crippen molar-refractivity contribution in [3.63, 3.8) is 0 Å². The third kappa shape index (κ3) is 5.09. The number of benzene rings is 1. The molecular weight excluding hydrogens is 519 g/mol. The highest BCUT2D eigenvalue weighted by atomic mass is 32.2. The lowest BCUT2D eigenvalue weighted by molar-refractivity contribution is -0.0873. The molecule has 8 bridgehead atoms. The molecule has 38 heavy (non-hydrogen) atoms. The average molecular weight is 563 g/mol. The van der Waals surface area contributed by atoms with Crippen LogP contribution in [0.2, 0.25) is 0 Å². The summed E-state index contributed by atoms with van der Waals surface area (Å²) in [7, 11) is -7.86. The molecule has 8 fully saturated rings. The van der Waals surface area contributed by atoms with E-state index in [1.165, 1.54) is 50.7 Å². The van der Waals surface area contributed by atoms with Crippen molar-refractivity contribution in [2.45, 2.75) is 88.9 Å². The molecule has 8 saturated carbocycles. The van der Waals surface area contributed by atoms with Crippen LogP contribution in [0.5, 0.6) is 0 Å². The molecule has 0 radical (unpaired) electrons. The van der Waals surface area contributed by atoms with Gasteiger partial charge in [0.05, 0.1) is 18.1 Å². The number of hydrogen-bond acceptors (Lipinski definition) is 6. The maximum atomic E-state index is 14.3. The van der Waals surface area contributed by atoms with Gasteiger partial charge in [0.2, 0.25) is 0 Å². The second-order valence-electron chi connectivity index (χ2n) is 14.5. The molecule has 9 rings (SSSR count). The lowest BCUT2D eigenvalue weighted by atomic mass is 9.50. The topological polar surface area (TPSA) is 78.9 Å². The first kappa shape index (κ1) is 26.2. The van der Waals surface area contributed by atoms with Crippen molar-refractivity contribution in [1.29, 1.82) is 0 Å². The second kappa shape index (κ2) is 9.41. The van der Waals surface area contributed by atoms with Gasteiger partial charge in [0.25, 0.3) is 10.1 Å². The highest BCUT2D eigenvalue weighted by Gasteiger charge is 2.54. The molecule has 0 saturated heterocycles. The van der Waals surface area contributed by atoms with E-state index in [0.29, 0.717) is 13.2 Å². The number of hydrogen-bond donors (Lipinski definition) is 0. The zero-order valence-electron chi connectivity index (χ0n) is 22.7. The largest absolute Gasteiger partial charge is 0.357 e. The zero-order chi connectivity index (χ0) is 26.2. The Balaban J connectivity index is 1.08. The van der Waals surface area contributed by atoms with E-state index in [2.05, 4.69) is 0 Å². The van der Waals surface area contributed by atoms with Crippen molar-refractivity contribution >= 4 is 17.7 Å². The lowest BCUT2D eigenvalue weighted by Crippen LogP contribution is -2.48. The zero-order valence-corrected chi connectivity index (χ0v) is 24.4. The van der Waals surface area contributed by atoms with Crippen LogP contribution in [0.3, 0.4) is 0 Å². The van der Waals surface area contributed by atoms with Gasteiger partial charge < -0.3 is 9.05 Å². The van der Waals surface area contributed by atoms with Gasteiger partial charge in [-0.3, -0.25) is 8.75 Å². The molecule has 0 amide bonds. The Morgan fingerprint density at radius 3 is 1.45 bits per heavy atom. The Kier molecular flexibility index (Phi) is 6.49. The van der Waals surface area contributed by atoms with Gasteiger partial charge in [-0.15, -0.1) is 0 Å². The van der Waals surface area contributed by atoms with Crippen LogP contribution < -0.4 is 0 Å². The van der Waals surface area contributed by atoms with Crippen LogP contribution in [0.15, 0.2) is 29.2 Å². The van der Waals surface area contributed by atoms with Gasteiger partial charge in [0, 0.05) is 0 Å². The number of aryl methyl sites for hydroxylation is 1. The summed E-state index contributed by atoms with van der Waals surface area (Å²) < 4.78 is 58.2. The maximum absolute atomic E-state index is 14.3. The van der Waals surface area contributed by atoms with E-state index in [9.17, 15) is 13.0 Å². The number of rotatable bonds is 10. The Labute approximate surface area is 228 Å². The van der Waals surface area contributed by atoms with Gasteiger partial charge in [-0.05, 0) is 142 Å². The van der Waals surface area contributed by atoms with E-state index in [4.69, 9.17) is 13.2 Å². The average Bonchev–Trinajstić information content (AvgIpc) is 2.84. The summed E-state index contributed by atoms with van der Waals surface area (Å²) in [4.78, 5) is 0.0665. The lowest BCUT2D eigenvalue weighted by Gasteiger charge is -2.57. The van der Waals surface area contributed by atoms with Crippen molar-refractivity contribution in [2.24, 2.45) is 46.3 Å². The Hall–Kier alpha value is -0.720. The predicted molar refractivity (Wildman–Crippen MR) is 145 cm³/mol. The molecule has 0 N–H and O–H groups in total. The van der Waals surface area contributed by atoms with E-state index >= 15 is 0 Å². The molecule has 1 aromatic carbocycles. The molecular formula is C30H43O6PS. The molecule has 210 valence electrons. The molecule has 6 nitrogen and oxygen atoms in total. The highest BCUT2D eigenvalue weighted by molar-refractivity contribution is 7.87. The van der Waals surface area contributed by atoms with E-state index in [1.807, 2.05) is 6.92 Å². The quantitative estimate of drug-likeness (QED) is 0.220. The van der Waals surface area contributed by atoms with Gasteiger partial charge in [-0.25, -0.2) is 0 Å². The maximum Gasteiger partial charge on any atom is 0.357 e. The minimum atomic E-state index is -4.07. The fraction of sp³-hybridized carbons (Fsp3) is 0.800. The summed E-state index contributed by atoms with van der Waals surface area (Å²) in [6, 6.07) is 6.54. The molecule has 1 aromatic rings. The van der Waals surface area contributed by atoms with Crippen LogP contribution in [0.25, 0.3) is 0 Å². The van der Waals surface area contributed by atoms with Crippen molar-refractivity contribution < 1.29 is 26.2 Å². The van der Waals surface area contributed by atoms with Crippen LogP contribution in [-0.2, 0) is 27.9 Å². The van der Waals surface area contributed by atoms with Gasteiger partial charge in [-0.2, -0.15) is 8.42 Å². The van der Waals surface area contributed by atoms with Crippen LogP contribution in [-0.4, -0.2) is 28.0 Å². The third-order valence-electron chi connectivity index (χ3n) is 11.1. The van der Waals surface area contributed by atoms with Crippen LogP contribution in [0, 0.1) is 53.3 Å². The van der Waals surface area contributed by atoms with Gasteiger partial charge >= 0.3 is 7.60 Å². The molecule has 8 heteroatoms. The second-order valence-corrected chi connectivity index (χ2v) is 18.1. The van der Waals surface area contributed by atoms with E-state index < -0.39 is 24.1 Å². The summed E-state index contributed by atoms with van der Waals surface area (Å²) in [5.74, 6) is 4.56. The summed E-state index contributed by atoms with van der Waals surface area (Å²) >= 11 is 0. The van der Waals surface area contributed by atoms with Gasteiger partial charge in [-0.1, -0.05) is 17.7 Å². The molecule has 0 atom stereocenters. The first-order valence-electron chi connectivity index (χ1n) is 14.9. The Bertz CT molecular complexity index is 1090. The summed E-state index contributed by atoms with van der Waals surface area (Å²) in [5.41, 5.74) is 1.08. The molecule has 0 unspecified atom stereocenters. The first-order chi connectivity index (χ1) is 18.1. The van der Waals surface area contributed by atoms with Crippen molar-refractivity contribution in [1.82, 2.24) is 0 Å². The monoisotopic (exact) mass is 562 g/mol. The molecule has 0 aliphatic heterocycles. The molecule has 8 aliphatic carbocycles. The molecule has 0 heterocycles. The van der Waals surface area contributed by atoms with Crippen molar-refractivity contribution in [2.75, 3.05) is 19.6 Å². The smallest absolute Gasteiger partial charge is 0.306 e. The van der Waals surface area contributed by atoms with Crippen LogP contribution in [0.1, 0.15) is 82.6 Å². The fourth-order valence-corrected chi connectivity index (χ4v) is 13.3. The molecule has 8 aliphatic rings. The van der Waals surface area contributed by atoms with E-state index in [-0.39, 0.29) is 15.7 Å². The minimum absolute atomic E-state index is 0.0598. The molecule has 0 spiro atoms. The Morgan fingerprint density at radius 2 is 1.08 bits per heavy atom. The summed E-state index contributed by atoms with van der Waals surface area (Å²) in [6.07, 6.45) is 14.2. The van der Waals surface area contributed by atoms with Crippen LogP contribution >= 0.6 is 7.60 Å². The van der Waals surface area contributed by atoms with Gasteiger partial charge in [0.15, 0.2) is 6.35 Å². The van der Waals surface area contributed by atoms with Crippen LogP contribution in [0.4, 0.5) is 0 Å². The fourth-order valence-electron chi connectivity index (χ4n) is 10.4. The van der Waals surface area contributed by atoms with Gasteiger partial charge in [0.1, 0.15) is 0 Å². The van der Waals surface area contributed by atoms with Crippen molar-refractivity contribution in [3.8, 4) is 0 Å². The van der Waals surface area contributed by atoms with Crippen molar-refractivity contribution in [3.05, 3.63) is 29.8 Å². The van der Waals surface area contributed by atoms with E-state index in [1.54, 1.807) is 12.1 Å². The first-order valence-corrected chi connectivity index (χ1v) is 18.1. The normalized spacial score (nSPS) is 42.4. The minimum Gasteiger partial charge on any atom is -0.306 e. The highest BCUT2D eigenvalue weighted by Crippen LogP contribution is 2.64. The third-order valence-corrected chi connectivity index (χ3v) is 14.1. The molecule has 0 aromatic heterocycles. The van der Waals surface area contributed by atoms with E-state index in [0.717, 1.165) is 79.6 Å². The summed E-state index contributed by atoms with van der Waals surface area (Å²) in [5, 5.41) is 0. The predicted octanol–water partition coefficient (Wildman–Crippen LogP) is 7.32. The summed E-state index contributed by atoms with van der Waals surface area (Å²) in [6.45, 7) is 2.69.